The number of hydrogen-bond donors (Lipinski definition) is 0. The lowest BCUT2D eigenvalue weighted by molar-refractivity contribution is -0.0992. The van der Waals surface area contributed by atoms with Crippen LogP contribution in [-0.4, -0.2) is 50.4 Å². The molecule has 1 aliphatic rings. The smallest absolute Gasteiger partial charge is 0.181 e. The van der Waals surface area contributed by atoms with Gasteiger partial charge >= 0.3 is 0 Å². The van der Waals surface area contributed by atoms with Gasteiger partial charge < -0.3 is 18.9 Å². The van der Waals surface area contributed by atoms with Crippen molar-refractivity contribution < 1.29 is 18.9 Å². The Morgan fingerprint density at radius 2 is 1.77 bits per heavy atom. The minimum Gasteiger partial charge on any atom is -0.378 e. The number of rotatable bonds is 7. The summed E-state index contributed by atoms with van der Waals surface area (Å²) < 4.78 is 21.9. The van der Waals surface area contributed by atoms with E-state index in [4.69, 9.17) is 18.9 Å². The fourth-order valence-electron chi connectivity index (χ4n) is 0.957. The third-order valence-electron chi connectivity index (χ3n) is 1.54. The molecule has 0 aromatic carbocycles. The Morgan fingerprint density at radius 3 is 2.46 bits per heavy atom. The molecule has 4 nitrogen and oxygen atoms in total. The van der Waals surface area contributed by atoms with Gasteiger partial charge in [-0.1, -0.05) is 22.6 Å². The first-order valence-corrected chi connectivity index (χ1v) is 5.90. The molecule has 1 heterocycles. The van der Waals surface area contributed by atoms with Crippen molar-refractivity contribution in [1.82, 2.24) is 0 Å². The van der Waals surface area contributed by atoms with E-state index in [9.17, 15) is 0 Å². The van der Waals surface area contributed by atoms with Crippen LogP contribution in [0.5, 0.6) is 0 Å². The molecule has 0 bridgehead atoms. The molecular formula is C8H15IO4. The van der Waals surface area contributed by atoms with Crippen LogP contribution in [0.1, 0.15) is 0 Å². The molecule has 5 heteroatoms. The zero-order valence-electron chi connectivity index (χ0n) is 7.54. The Morgan fingerprint density at radius 1 is 1.08 bits per heavy atom. The molecule has 1 aliphatic heterocycles. The standard InChI is InChI=1S/C8H15IO4/c9-1-2-10-3-4-11-7-8-12-5-6-13-8/h8H,1-7H2. The molecule has 0 atom stereocenters. The summed E-state index contributed by atoms with van der Waals surface area (Å²) in [6.45, 7) is 3.92. The van der Waals surface area contributed by atoms with Gasteiger partial charge in [-0.15, -0.1) is 0 Å². The fraction of sp³-hybridized carbons (Fsp3) is 1.00. The molecular weight excluding hydrogens is 287 g/mol. The molecule has 0 aromatic heterocycles. The molecule has 0 aliphatic carbocycles. The van der Waals surface area contributed by atoms with E-state index >= 15 is 0 Å². The van der Waals surface area contributed by atoms with Gasteiger partial charge in [0.2, 0.25) is 0 Å². The van der Waals surface area contributed by atoms with Crippen LogP contribution in [-0.2, 0) is 18.9 Å². The van der Waals surface area contributed by atoms with Crippen LogP contribution >= 0.6 is 22.6 Å². The largest absolute Gasteiger partial charge is 0.378 e. The van der Waals surface area contributed by atoms with E-state index in [2.05, 4.69) is 22.6 Å². The zero-order chi connectivity index (χ0) is 9.36. The van der Waals surface area contributed by atoms with Gasteiger partial charge in [0.15, 0.2) is 6.29 Å². The summed E-state index contributed by atoms with van der Waals surface area (Å²) in [7, 11) is 0. The van der Waals surface area contributed by atoms with Crippen molar-refractivity contribution in [3.05, 3.63) is 0 Å². The lowest BCUT2D eigenvalue weighted by Crippen LogP contribution is -2.18. The Bertz CT molecular complexity index is 117. The lowest BCUT2D eigenvalue weighted by Gasteiger charge is -2.09. The summed E-state index contributed by atoms with van der Waals surface area (Å²) >= 11 is 2.27. The van der Waals surface area contributed by atoms with Crippen molar-refractivity contribution >= 4 is 22.6 Å². The number of alkyl halides is 1. The summed E-state index contributed by atoms with van der Waals surface area (Å²) in [6, 6.07) is 0. The van der Waals surface area contributed by atoms with Crippen molar-refractivity contribution in [2.75, 3.05) is 44.1 Å². The first-order valence-electron chi connectivity index (χ1n) is 4.38. The van der Waals surface area contributed by atoms with Gasteiger partial charge in [0.05, 0.1) is 39.6 Å². The normalized spacial score (nSPS) is 18.2. The Kier molecular flexibility index (Phi) is 7.10. The van der Waals surface area contributed by atoms with Crippen LogP contribution in [0.2, 0.25) is 0 Å². The number of hydrogen-bond acceptors (Lipinski definition) is 4. The average molecular weight is 302 g/mol. The molecule has 0 unspecified atom stereocenters. The highest BCUT2D eigenvalue weighted by atomic mass is 127. The summed E-state index contributed by atoms with van der Waals surface area (Å²) in [6.07, 6.45) is -0.162. The van der Waals surface area contributed by atoms with Crippen molar-refractivity contribution in [2.24, 2.45) is 0 Å². The highest BCUT2D eigenvalue weighted by molar-refractivity contribution is 14.1. The molecule has 0 radical (unpaired) electrons. The van der Waals surface area contributed by atoms with E-state index in [0.717, 1.165) is 11.0 Å². The summed E-state index contributed by atoms with van der Waals surface area (Å²) in [4.78, 5) is 0. The van der Waals surface area contributed by atoms with Crippen LogP contribution in [0.15, 0.2) is 0 Å². The van der Waals surface area contributed by atoms with Crippen LogP contribution < -0.4 is 0 Å². The third-order valence-corrected chi connectivity index (χ3v) is 1.98. The van der Waals surface area contributed by atoms with E-state index in [0.29, 0.717) is 33.0 Å². The van der Waals surface area contributed by atoms with Gasteiger partial charge in [-0.25, -0.2) is 0 Å². The first-order chi connectivity index (χ1) is 6.43. The second kappa shape index (κ2) is 7.93. The van der Waals surface area contributed by atoms with E-state index < -0.39 is 0 Å². The van der Waals surface area contributed by atoms with E-state index in [1.54, 1.807) is 0 Å². The predicted molar refractivity (Wildman–Crippen MR) is 56.2 cm³/mol. The second-order valence-corrected chi connectivity index (χ2v) is 3.63. The molecule has 1 fully saturated rings. The number of halogens is 1. The molecule has 0 saturated carbocycles. The van der Waals surface area contributed by atoms with Crippen molar-refractivity contribution in [2.45, 2.75) is 6.29 Å². The lowest BCUT2D eigenvalue weighted by atomic mass is 10.6. The van der Waals surface area contributed by atoms with E-state index in [1.165, 1.54) is 0 Å². The minimum atomic E-state index is -0.162. The molecule has 0 aromatic rings. The second-order valence-electron chi connectivity index (χ2n) is 2.55. The monoisotopic (exact) mass is 302 g/mol. The maximum Gasteiger partial charge on any atom is 0.181 e. The van der Waals surface area contributed by atoms with Gasteiger partial charge in [-0.05, 0) is 0 Å². The Balaban J connectivity index is 1.78. The number of ether oxygens (including phenoxy) is 4. The molecule has 0 spiro atoms. The molecule has 1 saturated heterocycles. The Labute approximate surface area is 92.0 Å². The van der Waals surface area contributed by atoms with Crippen LogP contribution in [0, 0.1) is 0 Å². The van der Waals surface area contributed by atoms with Gasteiger partial charge in [0, 0.05) is 4.43 Å². The predicted octanol–water partition coefficient (Wildman–Crippen LogP) is 0.828. The van der Waals surface area contributed by atoms with E-state index in [-0.39, 0.29) is 6.29 Å². The van der Waals surface area contributed by atoms with Crippen LogP contribution in [0.3, 0.4) is 0 Å². The maximum atomic E-state index is 5.29. The fourth-order valence-corrected chi connectivity index (χ4v) is 1.27. The quantitative estimate of drug-likeness (QED) is 0.396. The van der Waals surface area contributed by atoms with Gasteiger partial charge in [0.1, 0.15) is 0 Å². The van der Waals surface area contributed by atoms with Gasteiger partial charge in [-0.3, -0.25) is 0 Å². The molecule has 1 rings (SSSR count). The summed E-state index contributed by atoms with van der Waals surface area (Å²) in [5.74, 6) is 0. The third kappa shape index (κ3) is 5.79. The van der Waals surface area contributed by atoms with Gasteiger partial charge in [-0.2, -0.15) is 0 Å². The van der Waals surface area contributed by atoms with Gasteiger partial charge in [0.25, 0.3) is 0 Å². The summed E-state index contributed by atoms with van der Waals surface area (Å²) in [5.41, 5.74) is 0. The zero-order valence-corrected chi connectivity index (χ0v) is 9.70. The highest BCUT2D eigenvalue weighted by Crippen LogP contribution is 2.03. The average Bonchev–Trinajstić information content (AvgIpc) is 2.63. The molecule has 0 N–H and O–H groups in total. The minimum absolute atomic E-state index is 0.162. The SMILES string of the molecule is ICCOCCOCC1OCCO1. The van der Waals surface area contributed by atoms with Crippen molar-refractivity contribution in [1.29, 1.82) is 0 Å². The molecule has 13 heavy (non-hydrogen) atoms. The Hall–Kier alpha value is 0.570. The van der Waals surface area contributed by atoms with Crippen LogP contribution in [0.25, 0.3) is 0 Å². The summed E-state index contributed by atoms with van der Waals surface area (Å²) in [5, 5.41) is 0. The first kappa shape index (κ1) is 11.6. The van der Waals surface area contributed by atoms with Crippen molar-refractivity contribution in [3.8, 4) is 0 Å². The van der Waals surface area contributed by atoms with Crippen molar-refractivity contribution in [3.63, 3.8) is 0 Å². The molecule has 0 amide bonds. The molecule has 78 valence electrons. The van der Waals surface area contributed by atoms with E-state index in [1.807, 2.05) is 0 Å². The topological polar surface area (TPSA) is 36.9 Å². The van der Waals surface area contributed by atoms with Crippen LogP contribution in [0.4, 0.5) is 0 Å². The highest BCUT2D eigenvalue weighted by Gasteiger charge is 2.15. The maximum absolute atomic E-state index is 5.29.